The molecule has 0 aliphatic heterocycles. The monoisotopic (exact) mass is 362 g/mol. The summed E-state index contributed by atoms with van der Waals surface area (Å²) in [7, 11) is -4.73. The Balaban J connectivity index is 1.91. The Kier molecular flexibility index (Phi) is 7.03. The van der Waals surface area contributed by atoms with Gasteiger partial charge in [-0.3, -0.25) is 14.1 Å². The Morgan fingerprint density at radius 3 is 1.79 bits per heavy atom. The van der Waals surface area contributed by atoms with Gasteiger partial charge < -0.3 is 9.47 Å². The minimum absolute atomic E-state index is 0.234. The van der Waals surface area contributed by atoms with Crippen molar-refractivity contribution < 1.29 is 32.0 Å². The highest BCUT2D eigenvalue weighted by Gasteiger charge is 2.37. The summed E-state index contributed by atoms with van der Waals surface area (Å²) in [6, 6.07) is 0. The van der Waals surface area contributed by atoms with E-state index in [1.807, 2.05) is 0 Å². The van der Waals surface area contributed by atoms with Crippen molar-refractivity contribution in [1.82, 2.24) is 0 Å². The summed E-state index contributed by atoms with van der Waals surface area (Å²) in [6.07, 6.45) is 7.46. The molecule has 8 heteroatoms. The van der Waals surface area contributed by atoms with Crippen LogP contribution in [0.3, 0.4) is 0 Å². The molecule has 0 aromatic heterocycles. The summed E-state index contributed by atoms with van der Waals surface area (Å²) in [4.78, 5) is 24.1. The molecule has 2 aliphatic carbocycles. The SMILES string of the molecule is O=C(C[C@@H](C(=O)OC1CCCCC1)S(=O)(=O)O)OC1CCCCC1. The van der Waals surface area contributed by atoms with E-state index in [9.17, 15) is 22.6 Å². The molecule has 0 saturated heterocycles. The van der Waals surface area contributed by atoms with Crippen LogP contribution in [0.4, 0.5) is 0 Å². The van der Waals surface area contributed by atoms with Gasteiger partial charge in [0.15, 0.2) is 5.25 Å². The van der Waals surface area contributed by atoms with E-state index in [1.165, 1.54) is 0 Å². The van der Waals surface area contributed by atoms with Crippen molar-refractivity contribution in [3.8, 4) is 0 Å². The quantitative estimate of drug-likeness (QED) is 0.571. The second kappa shape index (κ2) is 8.80. The highest BCUT2D eigenvalue weighted by atomic mass is 32.2. The van der Waals surface area contributed by atoms with Crippen molar-refractivity contribution in [3.05, 3.63) is 0 Å². The molecule has 1 atom stereocenters. The van der Waals surface area contributed by atoms with Crippen molar-refractivity contribution in [2.75, 3.05) is 0 Å². The van der Waals surface area contributed by atoms with Crippen molar-refractivity contribution in [3.63, 3.8) is 0 Å². The minimum atomic E-state index is -4.73. The highest BCUT2D eigenvalue weighted by Crippen LogP contribution is 2.23. The average molecular weight is 362 g/mol. The van der Waals surface area contributed by atoms with Gasteiger partial charge in [-0.2, -0.15) is 8.42 Å². The average Bonchev–Trinajstić information content (AvgIpc) is 2.53. The molecule has 0 aromatic carbocycles. The predicted octanol–water partition coefficient (Wildman–Crippen LogP) is 2.38. The normalized spacial score (nSPS) is 21.9. The number of esters is 2. The fourth-order valence-electron chi connectivity index (χ4n) is 3.30. The maximum atomic E-state index is 12.1. The van der Waals surface area contributed by atoms with Gasteiger partial charge in [-0.25, -0.2) is 0 Å². The molecular weight excluding hydrogens is 336 g/mol. The Labute approximate surface area is 142 Å². The van der Waals surface area contributed by atoms with Gasteiger partial charge in [0, 0.05) is 0 Å². The van der Waals surface area contributed by atoms with E-state index in [0.717, 1.165) is 51.4 Å². The first kappa shape index (κ1) is 19.2. The van der Waals surface area contributed by atoms with Gasteiger partial charge in [0.05, 0.1) is 6.42 Å². The van der Waals surface area contributed by atoms with Crippen LogP contribution in [0.15, 0.2) is 0 Å². The fourth-order valence-corrected chi connectivity index (χ4v) is 3.95. The van der Waals surface area contributed by atoms with Crippen molar-refractivity contribution in [2.45, 2.75) is 88.1 Å². The zero-order valence-electron chi connectivity index (χ0n) is 13.8. The van der Waals surface area contributed by atoms with Crippen LogP contribution >= 0.6 is 0 Å². The number of hydrogen-bond donors (Lipinski definition) is 1. The second-order valence-corrected chi connectivity index (χ2v) is 8.25. The molecule has 24 heavy (non-hydrogen) atoms. The molecule has 2 rings (SSSR count). The third-order valence-corrected chi connectivity index (χ3v) is 5.74. The molecule has 2 fully saturated rings. The van der Waals surface area contributed by atoms with E-state index in [-0.39, 0.29) is 12.2 Å². The van der Waals surface area contributed by atoms with Gasteiger partial charge in [0.25, 0.3) is 10.1 Å². The number of hydrogen-bond acceptors (Lipinski definition) is 6. The first-order chi connectivity index (χ1) is 11.4. The van der Waals surface area contributed by atoms with Gasteiger partial charge in [0.2, 0.25) is 0 Å². The maximum Gasteiger partial charge on any atom is 0.327 e. The lowest BCUT2D eigenvalue weighted by Gasteiger charge is -2.24. The molecule has 0 amide bonds. The van der Waals surface area contributed by atoms with Crippen molar-refractivity contribution >= 4 is 22.1 Å². The summed E-state index contributed by atoms with van der Waals surface area (Å²) in [5, 5.41) is -1.91. The van der Waals surface area contributed by atoms with E-state index in [1.54, 1.807) is 0 Å². The lowest BCUT2D eigenvalue weighted by molar-refractivity contribution is -0.157. The lowest BCUT2D eigenvalue weighted by Crippen LogP contribution is -2.37. The van der Waals surface area contributed by atoms with Gasteiger partial charge in [0.1, 0.15) is 12.2 Å². The van der Waals surface area contributed by atoms with E-state index in [2.05, 4.69) is 0 Å². The van der Waals surface area contributed by atoms with Crippen LogP contribution in [0.25, 0.3) is 0 Å². The zero-order valence-corrected chi connectivity index (χ0v) is 14.6. The molecule has 7 nitrogen and oxygen atoms in total. The molecule has 2 aliphatic rings. The topological polar surface area (TPSA) is 107 Å². The van der Waals surface area contributed by atoms with Crippen LogP contribution in [-0.4, -0.2) is 42.4 Å². The molecule has 0 heterocycles. The van der Waals surface area contributed by atoms with Gasteiger partial charge >= 0.3 is 11.9 Å². The largest absolute Gasteiger partial charge is 0.462 e. The summed E-state index contributed by atoms with van der Waals surface area (Å²) in [5.41, 5.74) is 0. The number of rotatable bonds is 6. The second-order valence-electron chi connectivity index (χ2n) is 6.65. The summed E-state index contributed by atoms with van der Waals surface area (Å²) in [6.45, 7) is 0. The highest BCUT2D eigenvalue weighted by molar-refractivity contribution is 7.87. The fraction of sp³-hybridized carbons (Fsp3) is 0.875. The number of ether oxygens (including phenoxy) is 2. The molecular formula is C16H26O7S. The molecule has 2 saturated carbocycles. The van der Waals surface area contributed by atoms with Crippen molar-refractivity contribution in [1.29, 1.82) is 0 Å². The van der Waals surface area contributed by atoms with Crippen LogP contribution in [-0.2, 0) is 29.2 Å². The standard InChI is InChI=1S/C16H26O7S/c17-15(22-12-7-3-1-4-8-12)11-14(24(19,20)21)16(18)23-13-9-5-2-6-10-13/h12-14H,1-11H2,(H,19,20,21)/t14-/m0/s1. The first-order valence-electron chi connectivity index (χ1n) is 8.72. The van der Waals surface area contributed by atoms with E-state index in [0.29, 0.717) is 12.8 Å². The van der Waals surface area contributed by atoms with E-state index >= 15 is 0 Å². The van der Waals surface area contributed by atoms with Gasteiger partial charge in [-0.05, 0) is 51.4 Å². The van der Waals surface area contributed by atoms with Gasteiger partial charge in [-0.15, -0.1) is 0 Å². The predicted molar refractivity (Wildman–Crippen MR) is 85.9 cm³/mol. The third kappa shape index (κ3) is 6.05. The third-order valence-electron chi connectivity index (χ3n) is 4.66. The molecule has 0 spiro atoms. The van der Waals surface area contributed by atoms with E-state index < -0.39 is 33.7 Å². The Bertz CT molecular complexity index is 531. The van der Waals surface area contributed by atoms with Crippen LogP contribution in [0.2, 0.25) is 0 Å². The first-order valence-corrected chi connectivity index (χ1v) is 10.2. The van der Waals surface area contributed by atoms with Crippen LogP contribution in [0.5, 0.6) is 0 Å². The van der Waals surface area contributed by atoms with Crippen LogP contribution in [0.1, 0.15) is 70.6 Å². The van der Waals surface area contributed by atoms with Crippen molar-refractivity contribution in [2.24, 2.45) is 0 Å². The molecule has 138 valence electrons. The van der Waals surface area contributed by atoms with Crippen LogP contribution < -0.4 is 0 Å². The molecule has 1 N–H and O–H groups in total. The molecule has 0 bridgehead atoms. The summed E-state index contributed by atoms with van der Waals surface area (Å²) >= 11 is 0. The Morgan fingerprint density at radius 1 is 0.875 bits per heavy atom. The Hall–Kier alpha value is -1.15. The summed E-state index contributed by atoms with van der Waals surface area (Å²) in [5.74, 6) is -1.85. The molecule has 0 unspecified atom stereocenters. The number of carbonyl (C=O) groups excluding carboxylic acids is 2. The number of carbonyl (C=O) groups is 2. The van der Waals surface area contributed by atoms with E-state index in [4.69, 9.17) is 9.47 Å². The minimum Gasteiger partial charge on any atom is -0.462 e. The smallest absolute Gasteiger partial charge is 0.327 e. The maximum absolute atomic E-state index is 12.1. The molecule has 0 aromatic rings. The van der Waals surface area contributed by atoms with Gasteiger partial charge in [-0.1, -0.05) is 12.8 Å². The lowest BCUT2D eigenvalue weighted by atomic mass is 9.98. The molecule has 0 radical (unpaired) electrons. The zero-order chi connectivity index (χ0) is 17.6. The summed E-state index contributed by atoms with van der Waals surface area (Å²) < 4.78 is 42.7. The van der Waals surface area contributed by atoms with Crippen LogP contribution in [0, 0.1) is 0 Å². The Morgan fingerprint density at radius 2 is 1.33 bits per heavy atom.